The van der Waals surface area contributed by atoms with Gasteiger partial charge < -0.3 is 10.2 Å². The van der Waals surface area contributed by atoms with Gasteiger partial charge in [-0.1, -0.05) is 37.3 Å². The van der Waals surface area contributed by atoms with Crippen molar-refractivity contribution < 1.29 is 10.2 Å². The molecule has 2 rings (SSSR count). The maximum Gasteiger partial charge on any atom is 0.0827 e. The lowest BCUT2D eigenvalue weighted by Crippen LogP contribution is -2.37. The van der Waals surface area contributed by atoms with Gasteiger partial charge in [-0.15, -0.1) is 0 Å². The van der Waals surface area contributed by atoms with Gasteiger partial charge in [-0.2, -0.15) is 0 Å². The highest BCUT2D eigenvalue weighted by atomic mass is 16.3. The van der Waals surface area contributed by atoms with E-state index in [1.165, 1.54) is 0 Å². The molecule has 0 aromatic heterocycles. The summed E-state index contributed by atoms with van der Waals surface area (Å²) in [4.78, 5) is 2.30. The maximum atomic E-state index is 10.3. The molecule has 0 saturated carbocycles. The fraction of sp³-hybridized carbons (Fsp3) is 0.600. The molecule has 0 amide bonds. The summed E-state index contributed by atoms with van der Waals surface area (Å²) >= 11 is 0. The minimum atomic E-state index is -0.425. The number of aliphatic hydroxyl groups is 2. The second kappa shape index (κ2) is 6.32. The summed E-state index contributed by atoms with van der Waals surface area (Å²) in [6, 6.07) is 10.1. The van der Waals surface area contributed by atoms with Crippen molar-refractivity contribution in [1.29, 1.82) is 0 Å². The molecule has 100 valence electrons. The summed E-state index contributed by atoms with van der Waals surface area (Å²) < 4.78 is 0. The van der Waals surface area contributed by atoms with Gasteiger partial charge in [0.1, 0.15) is 0 Å². The van der Waals surface area contributed by atoms with E-state index in [1.807, 2.05) is 30.3 Å². The quantitative estimate of drug-likeness (QED) is 0.836. The van der Waals surface area contributed by atoms with Crippen LogP contribution >= 0.6 is 0 Å². The highest BCUT2D eigenvalue weighted by Crippen LogP contribution is 2.25. The van der Waals surface area contributed by atoms with Crippen LogP contribution in [0.5, 0.6) is 0 Å². The molecule has 1 heterocycles. The Bertz CT molecular complexity index is 355. The van der Waals surface area contributed by atoms with Gasteiger partial charge in [0.15, 0.2) is 0 Å². The molecule has 1 aliphatic heterocycles. The lowest BCUT2D eigenvalue weighted by Gasteiger charge is -2.28. The molecule has 0 radical (unpaired) electrons. The normalized spacial score (nSPS) is 24.1. The van der Waals surface area contributed by atoms with E-state index in [2.05, 4.69) is 11.8 Å². The Balaban J connectivity index is 1.93. The van der Waals surface area contributed by atoms with Crippen molar-refractivity contribution in [2.75, 3.05) is 19.7 Å². The Hall–Kier alpha value is -0.900. The van der Waals surface area contributed by atoms with Gasteiger partial charge in [0.05, 0.1) is 12.7 Å². The average molecular weight is 249 g/mol. The zero-order valence-electron chi connectivity index (χ0n) is 11.0. The Labute approximate surface area is 109 Å². The minimum absolute atomic E-state index is 0.180. The molecule has 18 heavy (non-hydrogen) atoms. The van der Waals surface area contributed by atoms with Crippen molar-refractivity contribution in [3.8, 4) is 0 Å². The monoisotopic (exact) mass is 249 g/mol. The minimum Gasteiger partial charge on any atom is -0.395 e. The van der Waals surface area contributed by atoms with Crippen molar-refractivity contribution >= 4 is 0 Å². The van der Waals surface area contributed by atoms with E-state index in [4.69, 9.17) is 0 Å². The molecule has 1 aromatic rings. The average Bonchev–Trinajstić information content (AvgIpc) is 2.86. The van der Waals surface area contributed by atoms with Gasteiger partial charge >= 0.3 is 0 Å². The molecule has 2 N–H and O–H groups in total. The van der Waals surface area contributed by atoms with E-state index in [-0.39, 0.29) is 18.6 Å². The van der Waals surface area contributed by atoms with Crippen molar-refractivity contribution in [2.45, 2.75) is 31.9 Å². The first-order chi connectivity index (χ1) is 8.72. The highest BCUT2D eigenvalue weighted by Gasteiger charge is 2.27. The molecule has 1 aromatic carbocycles. The van der Waals surface area contributed by atoms with Crippen molar-refractivity contribution in [3.05, 3.63) is 35.9 Å². The van der Waals surface area contributed by atoms with Crippen LogP contribution in [0.25, 0.3) is 0 Å². The number of rotatable bonds is 5. The first-order valence-electron chi connectivity index (χ1n) is 6.80. The lowest BCUT2D eigenvalue weighted by atomic mass is 9.97. The van der Waals surface area contributed by atoms with Crippen LogP contribution in [0.4, 0.5) is 0 Å². The summed E-state index contributed by atoms with van der Waals surface area (Å²) in [5.41, 5.74) is 0.977. The number of likely N-dealkylation sites (tertiary alicyclic amines) is 1. The van der Waals surface area contributed by atoms with Gasteiger partial charge in [-0.3, -0.25) is 4.90 Å². The molecule has 3 heteroatoms. The Morgan fingerprint density at radius 1 is 1.33 bits per heavy atom. The standard InChI is InChI=1S/C15H23NO2/c1-12(10-16-9-5-8-14(16)11-17)15(18)13-6-3-2-4-7-13/h2-4,6-7,12,14-15,17-18H,5,8-11H2,1H3. The second-order valence-electron chi connectivity index (χ2n) is 5.31. The number of nitrogens with zero attached hydrogens (tertiary/aromatic N) is 1. The second-order valence-corrected chi connectivity index (χ2v) is 5.31. The van der Waals surface area contributed by atoms with Crippen LogP contribution in [-0.4, -0.2) is 40.9 Å². The Kier molecular flexibility index (Phi) is 4.75. The van der Waals surface area contributed by atoms with Crippen LogP contribution in [0.15, 0.2) is 30.3 Å². The predicted molar refractivity (Wildman–Crippen MR) is 72.2 cm³/mol. The first kappa shape index (κ1) is 13.5. The molecule has 3 unspecified atom stereocenters. The first-order valence-corrected chi connectivity index (χ1v) is 6.80. The third-order valence-corrected chi connectivity index (χ3v) is 3.91. The molecule has 0 aliphatic carbocycles. The largest absolute Gasteiger partial charge is 0.395 e. The van der Waals surface area contributed by atoms with Gasteiger partial charge in [0.25, 0.3) is 0 Å². The summed E-state index contributed by atoms with van der Waals surface area (Å²) in [6.45, 7) is 4.19. The van der Waals surface area contributed by atoms with E-state index >= 15 is 0 Å². The smallest absolute Gasteiger partial charge is 0.0827 e. The van der Waals surface area contributed by atoms with Gasteiger partial charge in [0.2, 0.25) is 0 Å². The number of hydrogen-bond donors (Lipinski definition) is 2. The predicted octanol–water partition coefficient (Wildman–Crippen LogP) is 1.81. The van der Waals surface area contributed by atoms with E-state index in [9.17, 15) is 10.2 Å². The van der Waals surface area contributed by atoms with E-state index in [1.54, 1.807) is 0 Å². The molecule has 3 atom stereocenters. The van der Waals surface area contributed by atoms with Crippen LogP contribution in [0.3, 0.4) is 0 Å². The summed E-state index contributed by atoms with van der Waals surface area (Å²) in [7, 11) is 0. The third kappa shape index (κ3) is 3.10. The Morgan fingerprint density at radius 3 is 2.72 bits per heavy atom. The SMILES string of the molecule is CC(CN1CCCC1CO)C(O)c1ccccc1. The van der Waals surface area contributed by atoms with Crippen LogP contribution in [0.1, 0.15) is 31.4 Å². The van der Waals surface area contributed by atoms with Crippen LogP contribution in [0, 0.1) is 5.92 Å². The van der Waals surface area contributed by atoms with Crippen LogP contribution in [-0.2, 0) is 0 Å². The van der Waals surface area contributed by atoms with Gasteiger partial charge in [0, 0.05) is 12.6 Å². The fourth-order valence-electron chi connectivity index (χ4n) is 2.79. The van der Waals surface area contributed by atoms with Crippen LogP contribution in [0.2, 0.25) is 0 Å². The molecule has 1 fully saturated rings. The fourth-order valence-corrected chi connectivity index (χ4v) is 2.79. The molecule has 0 bridgehead atoms. The third-order valence-electron chi connectivity index (χ3n) is 3.91. The number of benzene rings is 1. The topological polar surface area (TPSA) is 43.7 Å². The molecule has 0 spiro atoms. The van der Waals surface area contributed by atoms with Gasteiger partial charge in [-0.05, 0) is 30.9 Å². The zero-order valence-corrected chi connectivity index (χ0v) is 11.0. The zero-order chi connectivity index (χ0) is 13.0. The van der Waals surface area contributed by atoms with Crippen molar-refractivity contribution in [2.24, 2.45) is 5.92 Å². The Morgan fingerprint density at radius 2 is 2.06 bits per heavy atom. The molecule has 1 saturated heterocycles. The number of hydrogen-bond acceptors (Lipinski definition) is 3. The van der Waals surface area contributed by atoms with Gasteiger partial charge in [-0.25, -0.2) is 0 Å². The highest BCUT2D eigenvalue weighted by molar-refractivity contribution is 5.17. The molecular formula is C15H23NO2. The summed E-state index contributed by atoms with van der Waals surface area (Å²) in [5.74, 6) is 0.180. The summed E-state index contributed by atoms with van der Waals surface area (Å²) in [6.07, 6.45) is 1.80. The van der Waals surface area contributed by atoms with E-state index in [0.29, 0.717) is 0 Å². The summed E-state index contributed by atoms with van der Waals surface area (Å²) in [5, 5.41) is 19.6. The number of aliphatic hydroxyl groups excluding tert-OH is 2. The van der Waals surface area contributed by atoms with E-state index in [0.717, 1.165) is 31.5 Å². The molecule has 1 aliphatic rings. The lowest BCUT2D eigenvalue weighted by molar-refractivity contribution is 0.0727. The van der Waals surface area contributed by atoms with Crippen molar-refractivity contribution in [3.63, 3.8) is 0 Å². The van der Waals surface area contributed by atoms with E-state index < -0.39 is 6.10 Å². The maximum absolute atomic E-state index is 10.3. The molecule has 3 nitrogen and oxygen atoms in total. The van der Waals surface area contributed by atoms with Crippen molar-refractivity contribution in [1.82, 2.24) is 4.90 Å². The molecular weight excluding hydrogens is 226 g/mol. The van der Waals surface area contributed by atoms with Crippen LogP contribution < -0.4 is 0 Å².